The molecule has 1 aliphatic rings. The van der Waals surface area contributed by atoms with Crippen LogP contribution in [-0.4, -0.2) is 61.2 Å². The van der Waals surface area contributed by atoms with Crippen molar-refractivity contribution in [1.29, 1.82) is 0 Å². The van der Waals surface area contributed by atoms with Gasteiger partial charge in [-0.3, -0.25) is 4.79 Å². The van der Waals surface area contributed by atoms with Gasteiger partial charge in [0.25, 0.3) is 0 Å². The van der Waals surface area contributed by atoms with Crippen LogP contribution < -0.4 is 0 Å². The van der Waals surface area contributed by atoms with Crippen LogP contribution in [0.3, 0.4) is 0 Å². The zero-order chi connectivity index (χ0) is 17.3. The molecule has 0 radical (unpaired) electrons. The predicted molar refractivity (Wildman–Crippen MR) is 93.5 cm³/mol. The van der Waals surface area contributed by atoms with Crippen LogP contribution in [0.1, 0.15) is 31.4 Å². The number of aliphatic hydroxyl groups excluding tert-OH is 1. The van der Waals surface area contributed by atoms with Gasteiger partial charge in [0.05, 0.1) is 12.0 Å². The van der Waals surface area contributed by atoms with Gasteiger partial charge in [0.2, 0.25) is 5.91 Å². The Morgan fingerprint density at radius 1 is 1.13 bits per heavy atom. The summed E-state index contributed by atoms with van der Waals surface area (Å²) in [5, 5.41) is 9.37. The quantitative estimate of drug-likeness (QED) is 0.837. The van der Waals surface area contributed by atoms with Gasteiger partial charge in [-0.1, -0.05) is 43.7 Å². The van der Waals surface area contributed by atoms with E-state index in [9.17, 15) is 9.90 Å². The van der Waals surface area contributed by atoms with Crippen LogP contribution in [0.5, 0.6) is 0 Å². The molecule has 0 aliphatic heterocycles. The lowest BCUT2D eigenvalue weighted by atomic mass is 9.86. The second-order valence-electron chi connectivity index (χ2n) is 7.65. The number of carbonyl (C=O) groups is 1. The Labute approximate surface area is 140 Å². The van der Waals surface area contributed by atoms with E-state index in [0.29, 0.717) is 13.1 Å². The minimum atomic E-state index is -0.442. The fourth-order valence-corrected chi connectivity index (χ4v) is 3.46. The number of hydrogen-bond acceptors (Lipinski definition) is 3. The van der Waals surface area contributed by atoms with Crippen LogP contribution in [0.25, 0.3) is 0 Å². The first-order valence-electron chi connectivity index (χ1n) is 8.37. The third kappa shape index (κ3) is 3.43. The van der Waals surface area contributed by atoms with Gasteiger partial charge in [0, 0.05) is 19.6 Å². The van der Waals surface area contributed by atoms with Crippen LogP contribution in [-0.2, 0) is 10.2 Å². The second-order valence-corrected chi connectivity index (χ2v) is 7.65. The van der Waals surface area contributed by atoms with Crippen molar-refractivity contribution in [1.82, 2.24) is 9.80 Å². The number of likely N-dealkylation sites (N-methyl/N-ethyl adjacent to an activating group) is 1. The van der Waals surface area contributed by atoms with Crippen molar-refractivity contribution >= 4 is 5.91 Å². The minimum Gasteiger partial charge on any atom is -0.395 e. The number of aliphatic hydroxyl groups is 1. The van der Waals surface area contributed by atoms with E-state index < -0.39 is 5.41 Å². The number of rotatable bonds is 7. The van der Waals surface area contributed by atoms with Gasteiger partial charge in [-0.05, 0) is 38.4 Å². The zero-order valence-electron chi connectivity index (χ0n) is 15.1. The Balaban J connectivity index is 2.29. The Morgan fingerprint density at radius 2 is 1.70 bits per heavy atom. The molecule has 1 saturated carbocycles. The number of nitrogens with zero attached hydrogens (tertiary/aromatic N) is 2. The summed E-state index contributed by atoms with van der Waals surface area (Å²) in [6.45, 7) is 8.24. The first-order valence-corrected chi connectivity index (χ1v) is 8.37. The summed E-state index contributed by atoms with van der Waals surface area (Å²) in [7, 11) is 4.00. The second kappa shape index (κ2) is 6.62. The number of benzene rings is 1. The fourth-order valence-electron chi connectivity index (χ4n) is 3.46. The number of amides is 1. The molecule has 0 unspecified atom stereocenters. The van der Waals surface area contributed by atoms with Crippen molar-refractivity contribution < 1.29 is 9.90 Å². The van der Waals surface area contributed by atoms with Gasteiger partial charge < -0.3 is 14.9 Å². The van der Waals surface area contributed by atoms with E-state index in [2.05, 4.69) is 49.9 Å². The molecule has 1 aliphatic carbocycles. The molecule has 0 aromatic heterocycles. The Morgan fingerprint density at radius 3 is 2.13 bits per heavy atom. The zero-order valence-corrected chi connectivity index (χ0v) is 15.1. The molecule has 0 spiro atoms. The normalized spacial score (nSPS) is 22.2. The third-order valence-electron chi connectivity index (χ3n) is 5.12. The Hall–Kier alpha value is -1.39. The van der Waals surface area contributed by atoms with Crippen LogP contribution >= 0.6 is 0 Å². The van der Waals surface area contributed by atoms with Gasteiger partial charge in [0.1, 0.15) is 0 Å². The molecule has 0 heterocycles. The van der Waals surface area contributed by atoms with Gasteiger partial charge in [-0.15, -0.1) is 0 Å². The molecular weight excluding hydrogens is 288 g/mol. The predicted octanol–water partition coefficient (Wildman–Crippen LogP) is 2.05. The molecule has 1 aromatic rings. The summed E-state index contributed by atoms with van der Waals surface area (Å²) < 4.78 is 0. The van der Waals surface area contributed by atoms with Crippen molar-refractivity contribution in [2.45, 2.75) is 32.6 Å². The van der Waals surface area contributed by atoms with E-state index in [0.717, 1.165) is 18.5 Å². The highest BCUT2D eigenvalue weighted by molar-refractivity contribution is 5.93. The summed E-state index contributed by atoms with van der Waals surface area (Å²) >= 11 is 0. The maximum atomic E-state index is 13.3. The summed E-state index contributed by atoms with van der Waals surface area (Å²) in [5.74, 6) is 0.155. The molecule has 4 heteroatoms. The average molecular weight is 318 g/mol. The molecule has 4 nitrogen and oxygen atoms in total. The summed E-state index contributed by atoms with van der Waals surface area (Å²) in [5.41, 5.74) is 1.83. The van der Waals surface area contributed by atoms with Gasteiger partial charge in [-0.2, -0.15) is 0 Å². The van der Waals surface area contributed by atoms with Gasteiger partial charge in [-0.25, -0.2) is 0 Å². The lowest BCUT2D eigenvalue weighted by Crippen LogP contribution is -2.45. The maximum absolute atomic E-state index is 13.3. The Bertz CT molecular complexity index is 551. The molecule has 1 atom stereocenters. The highest BCUT2D eigenvalue weighted by Gasteiger charge is 2.67. The van der Waals surface area contributed by atoms with Crippen molar-refractivity contribution in [3.8, 4) is 0 Å². The molecular formula is C19H30N2O2. The molecule has 0 saturated heterocycles. The van der Waals surface area contributed by atoms with Gasteiger partial charge >= 0.3 is 0 Å². The maximum Gasteiger partial charge on any atom is 0.233 e. The topological polar surface area (TPSA) is 43.8 Å². The van der Waals surface area contributed by atoms with E-state index >= 15 is 0 Å². The highest BCUT2D eigenvalue weighted by atomic mass is 16.3. The van der Waals surface area contributed by atoms with E-state index in [4.69, 9.17) is 0 Å². The smallest absolute Gasteiger partial charge is 0.233 e. The van der Waals surface area contributed by atoms with Crippen LogP contribution in [0.15, 0.2) is 24.3 Å². The monoisotopic (exact) mass is 318 g/mol. The largest absolute Gasteiger partial charge is 0.395 e. The standard InChI is InChI=1S/C19H30N2O2/c1-15-6-8-16(9-7-15)19(14-18(19,2)3)17(23)21(12-13-22)11-10-20(4)5/h6-9,22H,10-14H2,1-5H3/t19-/m1/s1. The van der Waals surface area contributed by atoms with Gasteiger partial charge in [0.15, 0.2) is 0 Å². The molecule has 0 bridgehead atoms. The fraction of sp³-hybridized carbons (Fsp3) is 0.632. The van der Waals surface area contributed by atoms with Crippen molar-refractivity contribution in [2.24, 2.45) is 5.41 Å². The number of carbonyl (C=O) groups excluding carboxylic acids is 1. The van der Waals surface area contributed by atoms with Crippen LogP contribution in [0, 0.1) is 12.3 Å². The van der Waals surface area contributed by atoms with E-state index in [1.54, 1.807) is 0 Å². The van der Waals surface area contributed by atoms with Crippen LogP contribution in [0.2, 0.25) is 0 Å². The average Bonchev–Trinajstić information content (AvgIpc) is 3.07. The first kappa shape index (κ1) is 18.0. The minimum absolute atomic E-state index is 0.00355. The SMILES string of the molecule is Cc1ccc([C@@]2(C(=O)N(CCO)CCN(C)C)CC2(C)C)cc1. The number of aryl methyl sites for hydroxylation is 1. The molecule has 2 rings (SSSR count). The van der Waals surface area contributed by atoms with Crippen molar-refractivity contribution in [3.63, 3.8) is 0 Å². The first-order chi connectivity index (χ1) is 10.7. The number of hydrogen-bond donors (Lipinski definition) is 1. The molecule has 1 amide bonds. The van der Waals surface area contributed by atoms with E-state index in [1.165, 1.54) is 5.56 Å². The molecule has 1 N–H and O–H groups in total. The molecule has 1 fully saturated rings. The van der Waals surface area contributed by atoms with E-state index in [-0.39, 0.29) is 17.9 Å². The summed E-state index contributed by atoms with van der Waals surface area (Å²) in [4.78, 5) is 17.2. The molecule has 1 aromatic carbocycles. The van der Waals surface area contributed by atoms with Crippen molar-refractivity contribution in [2.75, 3.05) is 40.3 Å². The van der Waals surface area contributed by atoms with Crippen LogP contribution in [0.4, 0.5) is 0 Å². The Kier molecular flexibility index (Phi) is 5.17. The lowest BCUT2D eigenvalue weighted by molar-refractivity contribution is -0.135. The highest BCUT2D eigenvalue weighted by Crippen LogP contribution is 2.65. The molecule has 23 heavy (non-hydrogen) atoms. The summed E-state index contributed by atoms with van der Waals surface area (Å²) in [6.07, 6.45) is 0.867. The lowest BCUT2D eigenvalue weighted by Gasteiger charge is -2.30. The van der Waals surface area contributed by atoms with Crippen molar-refractivity contribution in [3.05, 3.63) is 35.4 Å². The third-order valence-corrected chi connectivity index (χ3v) is 5.12. The molecule has 128 valence electrons. The summed E-state index contributed by atoms with van der Waals surface area (Å²) in [6, 6.07) is 8.33. The van der Waals surface area contributed by atoms with E-state index in [1.807, 2.05) is 19.0 Å².